The fourth-order valence-electron chi connectivity index (χ4n) is 1.50. The van der Waals surface area contributed by atoms with Crippen LogP contribution in [0.1, 0.15) is 38.2 Å². The molecule has 1 atom stereocenters. The van der Waals surface area contributed by atoms with E-state index < -0.39 is 0 Å². The number of methoxy groups -OCH3 is 1. The SMILES string of the molecule is CCCCOc1ccc(C(C)C(=O)OC)cc1. The van der Waals surface area contributed by atoms with Crippen molar-refractivity contribution in [2.24, 2.45) is 0 Å². The normalized spacial score (nSPS) is 11.9. The third-order valence-electron chi connectivity index (χ3n) is 2.70. The zero-order valence-corrected chi connectivity index (χ0v) is 10.7. The number of carbonyl (C=O) groups excluding carboxylic acids is 1. The van der Waals surface area contributed by atoms with Crippen LogP contribution in [0.15, 0.2) is 24.3 Å². The van der Waals surface area contributed by atoms with E-state index in [9.17, 15) is 4.79 Å². The van der Waals surface area contributed by atoms with E-state index >= 15 is 0 Å². The molecule has 0 heterocycles. The van der Waals surface area contributed by atoms with Gasteiger partial charge < -0.3 is 9.47 Å². The molecule has 0 saturated carbocycles. The highest BCUT2D eigenvalue weighted by molar-refractivity contribution is 5.77. The highest BCUT2D eigenvalue weighted by atomic mass is 16.5. The predicted molar refractivity (Wildman–Crippen MR) is 67.3 cm³/mol. The molecule has 3 heteroatoms. The summed E-state index contributed by atoms with van der Waals surface area (Å²) in [6.45, 7) is 4.70. The van der Waals surface area contributed by atoms with Gasteiger partial charge in [-0.15, -0.1) is 0 Å². The zero-order valence-electron chi connectivity index (χ0n) is 10.7. The highest BCUT2D eigenvalue weighted by Gasteiger charge is 2.15. The molecule has 1 aromatic rings. The first kappa shape index (κ1) is 13.6. The van der Waals surface area contributed by atoms with Gasteiger partial charge in [-0.3, -0.25) is 4.79 Å². The maximum Gasteiger partial charge on any atom is 0.312 e. The summed E-state index contributed by atoms with van der Waals surface area (Å²) in [5, 5.41) is 0. The first-order chi connectivity index (χ1) is 8.19. The molecule has 0 aliphatic rings. The summed E-state index contributed by atoms with van der Waals surface area (Å²) < 4.78 is 10.3. The number of rotatable bonds is 6. The smallest absolute Gasteiger partial charge is 0.312 e. The van der Waals surface area contributed by atoms with E-state index in [1.54, 1.807) is 0 Å². The summed E-state index contributed by atoms with van der Waals surface area (Å²) in [4.78, 5) is 11.4. The van der Waals surface area contributed by atoms with Crippen LogP contribution in [0.2, 0.25) is 0 Å². The molecule has 1 unspecified atom stereocenters. The fraction of sp³-hybridized carbons (Fsp3) is 0.500. The molecule has 0 saturated heterocycles. The largest absolute Gasteiger partial charge is 0.494 e. The van der Waals surface area contributed by atoms with E-state index in [1.165, 1.54) is 7.11 Å². The van der Waals surface area contributed by atoms with Crippen molar-refractivity contribution in [3.63, 3.8) is 0 Å². The molecule has 1 rings (SSSR count). The Morgan fingerprint density at radius 1 is 1.29 bits per heavy atom. The Bertz CT molecular complexity index is 343. The zero-order chi connectivity index (χ0) is 12.7. The lowest BCUT2D eigenvalue weighted by Crippen LogP contribution is -2.10. The van der Waals surface area contributed by atoms with Crippen molar-refractivity contribution in [3.8, 4) is 5.75 Å². The lowest BCUT2D eigenvalue weighted by Gasteiger charge is -2.10. The monoisotopic (exact) mass is 236 g/mol. The molecule has 0 aliphatic carbocycles. The molecule has 0 N–H and O–H groups in total. The Labute approximate surface area is 103 Å². The standard InChI is InChI=1S/C14H20O3/c1-4-5-10-17-13-8-6-12(7-9-13)11(2)14(15)16-3/h6-9,11H,4-5,10H2,1-3H3. The van der Waals surface area contributed by atoms with Crippen molar-refractivity contribution in [3.05, 3.63) is 29.8 Å². The lowest BCUT2D eigenvalue weighted by molar-refractivity contribution is -0.141. The van der Waals surface area contributed by atoms with Crippen LogP contribution in [-0.2, 0) is 9.53 Å². The third-order valence-corrected chi connectivity index (χ3v) is 2.70. The summed E-state index contributed by atoms with van der Waals surface area (Å²) in [6, 6.07) is 7.60. The van der Waals surface area contributed by atoms with Crippen LogP contribution >= 0.6 is 0 Å². The summed E-state index contributed by atoms with van der Waals surface area (Å²) in [5.41, 5.74) is 0.944. The highest BCUT2D eigenvalue weighted by Crippen LogP contribution is 2.20. The molecule has 94 valence electrons. The third kappa shape index (κ3) is 4.10. The Morgan fingerprint density at radius 2 is 1.94 bits per heavy atom. The van der Waals surface area contributed by atoms with Gasteiger partial charge in [0, 0.05) is 0 Å². The first-order valence-corrected chi connectivity index (χ1v) is 5.99. The Morgan fingerprint density at radius 3 is 2.47 bits per heavy atom. The Balaban J connectivity index is 2.58. The first-order valence-electron chi connectivity index (χ1n) is 5.99. The van der Waals surface area contributed by atoms with Gasteiger partial charge in [0.15, 0.2) is 0 Å². The van der Waals surface area contributed by atoms with Crippen LogP contribution in [0.4, 0.5) is 0 Å². The summed E-state index contributed by atoms with van der Waals surface area (Å²) >= 11 is 0. The van der Waals surface area contributed by atoms with Crippen molar-refractivity contribution in [1.82, 2.24) is 0 Å². The number of hydrogen-bond donors (Lipinski definition) is 0. The van der Waals surface area contributed by atoms with E-state index in [4.69, 9.17) is 9.47 Å². The van der Waals surface area contributed by atoms with Gasteiger partial charge in [-0.1, -0.05) is 25.5 Å². The molecule has 0 aliphatic heterocycles. The maximum atomic E-state index is 11.4. The van der Waals surface area contributed by atoms with Gasteiger partial charge in [0.2, 0.25) is 0 Å². The fourth-order valence-corrected chi connectivity index (χ4v) is 1.50. The van der Waals surface area contributed by atoms with Gasteiger partial charge in [0.1, 0.15) is 5.75 Å². The Hall–Kier alpha value is -1.51. The number of carbonyl (C=O) groups is 1. The van der Waals surface area contributed by atoms with E-state index in [-0.39, 0.29) is 11.9 Å². The van der Waals surface area contributed by atoms with Crippen molar-refractivity contribution in [1.29, 1.82) is 0 Å². The van der Waals surface area contributed by atoms with Gasteiger partial charge in [-0.25, -0.2) is 0 Å². The second-order valence-electron chi connectivity index (χ2n) is 4.02. The van der Waals surface area contributed by atoms with Crippen LogP contribution in [0, 0.1) is 0 Å². The summed E-state index contributed by atoms with van der Waals surface area (Å²) in [7, 11) is 1.40. The van der Waals surface area contributed by atoms with Crippen LogP contribution < -0.4 is 4.74 Å². The number of ether oxygens (including phenoxy) is 2. The molecule has 0 spiro atoms. The van der Waals surface area contributed by atoms with Crippen LogP contribution in [0.5, 0.6) is 5.75 Å². The minimum atomic E-state index is -0.232. The van der Waals surface area contributed by atoms with Gasteiger partial charge in [0.05, 0.1) is 19.6 Å². The van der Waals surface area contributed by atoms with Crippen LogP contribution in [0.3, 0.4) is 0 Å². The average molecular weight is 236 g/mol. The topological polar surface area (TPSA) is 35.5 Å². The molecule has 0 aromatic heterocycles. The molecular formula is C14H20O3. The minimum absolute atomic E-state index is 0.218. The van der Waals surface area contributed by atoms with Gasteiger partial charge in [-0.05, 0) is 31.0 Å². The predicted octanol–water partition coefficient (Wildman–Crippen LogP) is 3.14. The molecule has 3 nitrogen and oxygen atoms in total. The molecule has 0 bridgehead atoms. The molecule has 17 heavy (non-hydrogen) atoms. The molecule has 1 aromatic carbocycles. The van der Waals surface area contributed by atoms with E-state index in [2.05, 4.69) is 6.92 Å². The average Bonchev–Trinajstić information content (AvgIpc) is 2.38. The van der Waals surface area contributed by atoms with Gasteiger partial charge >= 0.3 is 5.97 Å². The molecule has 0 fully saturated rings. The van der Waals surface area contributed by atoms with Crippen LogP contribution in [0.25, 0.3) is 0 Å². The van der Waals surface area contributed by atoms with Crippen molar-refractivity contribution in [2.45, 2.75) is 32.6 Å². The quantitative estimate of drug-likeness (QED) is 0.562. The van der Waals surface area contributed by atoms with Crippen molar-refractivity contribution in [2.75, 3.05) is 13.7 Å². The second kappa shape index (κ2) is 6.94. The van der Waals surface area contributed by atoms with Gasteiger partial charge in [0.25, 0.3) is 0 Å². The number of benzene rings is 1. The number of unbranched alkanes of at least 4 members (excludes halogenated alkanes) is 1. The number of hydrogen-bond acceptors (Lipinski definition) is 3. The van der Waals surface area contributed by atoms with E-state index in [0.717, 1.165) is 30.8 Å². The van der Waals surface area contributed by atoms with Crippen LogP contribution in [-0.4, -0.2) is 19.7 Å². The second-order valence-corrected chi connectivity index (χ2v) is 4.02. The van der Waals surface area contributed by atoms with Crippen molar-refractivity contribution >= 4 is 5.97 Å². The molecule has 0 radical (unpaired) electrons. The molecule has 0 amide bonds. The minimum Gasteiger partial charge on any atom is -0.494 e. The number of esters is 1. The van der Waals surface area contributed by atoms with E-state index in [0.29, 0.717) is 0 Å². The summed E-state index contributed by atoms with van der Waals surface area (Å²) in [6.07, 6.45) is 2.18. The maximum absolute atomic E-state index is 11.4. The Kier molecular flexibility index (Phi) is 5.53. The molecular weight excluding hydrogens is 216 g/mol. The van der Waals surface area contributed by atoms with E-state index in [1.807, 2.05) is 31.2 Å². The van der Waals surface area contributed by atoms with Gasteiger partial charge in [-0.2, -0.15) is 0 Å². The van der Waals surface area contributed by atoms with Crippen molar-refractivity contribution < 1.29 is 14.3 Å². The summed E-state index contributed by atoms with van der Waals surface area (Å²) in [5.74, 6) is 0.397. The lowest BCUT2D eigenvalue weighted by atomic mass is 10.0.